The first-order chi connectivity index (χ1) is 8.81. The Balaban J connectivity index is 4.59. The number of aliphatic carboxylic acids is 1. The zero-order valence-corrected chi connectivity index (χ0v) is 11.9. The number of nitrogens with one attached hydrogen (secondary N) is 2. The molecule has 0 aliphatic carbocycles. The van der Waals surface area contributed by atoms with Crippen LogP contribution in [-0.4, -0.2) is 47.3 Å². The molecule has 2 amide bonds. The summed E-state index contributed by atoms with van der Waals surface area (Å²) in [4.78, 5) is 34.0. The van der Waals surface area contributed by atoms with Gasteiger partial charge in [0.15, 0.2) is 0 Å². The van der Waals surface area contributed by atoms with Crippen molar-refractivity contribution < 1.29 is 19.5 Å². The van der Waals surface area contributed by atoms with Crippen molar-refractivity contribution in [1.82, 2.24) is 10.6 Å². The lowest BCUT2D eigenvalue weighted by atomic mass is 10.0. The zero-order chi connectivity index (χ0) is 15.0. The first-order valence-electron chi connectivity index (χ1n) is 5.95. The highest BCUT2D eigenvalue weighted by Crippen LogP contribution is 2.05. The Morgan fingerprint density at radius 2 is 1.79 bits per heavy atom. The second kappa shape index (κ2) is 8.76. The Morgan fingerprint density at radius 1 is 1.21 bits per heavy atom. The van der Waals surface area contributed by atoms with Gasteiger partial charge in [0.1, 0.15) is 12.1 Å². The van der Waals surface area contributed by atoms with E-state index in [1.165, 1.54) is 0 Å². The summed E-state index contributed by atoms with van der Waals surface area (Å²) < 4.78 is 0. The van der Waals surface area contributed by atoms with Crippen LogP contribution in [0.3, 0.4) is 0 Å². The van der Waals surface area contributed by atoms with Gasteiger partial charge in [0.05, 0.1) is 6.54 Å². The summed E-state index contributed by atoms with van der Waals surface area (Å²) in [7, 11) is 0. The van der Waals surface area contributed by atoms with E-state index in [9.17, 15) is 14.4 Å². The molecule has 8 heteroatoms. The van der Waals surface area contributed by atoms with Gasteiger partial charge in [-0.25, -0.2) is 4.79 Å². The van der Waals surface area contributed by atoms with Gasteiger partial charge in [-0.3, -0.25) is 9.59 Å². The number of amides is 2. The summed E-state index contributed by atoms with van der Waals surface area (Å²) in [5.74, 6) is -2.00. The highest BCUT2D eigenvalue weighted by atomic mass is 32.1. The molecule has 0 aromatic heterocycles. The standard InChI is InChI=1S/C11H21N3O4S/c1-6(2)3-7(11(17)18)14-10(16)8(5-19)13-9(15)4-12/h6-8,19H,3-5,12H2,1-2H3,(H,13,15)(H,14,16)(H,17,18). The minimum atomic E-state index is -1.11. The quantitative estimate of drug-likeness (QED) is 0.366. The van der Waals surface area contributed by atoms with Crippen molar-refractivity contribution in [2.45, 2.75) is 32.4 Å². The van der Waals surface area contributed by atoms with Gasteiger partial charge < -0.3 is 21.5 Å². The predicted molar refractivity (Wildman–Crippen MR) is 73.9 cm³/mol. The number of carbonyl (C=O) groups is 3. The molecule has 0 spiro atoms. The maximum atomic E-state index is 11.8. The minimum absolute atomic E-state index is 0.0611. The van der Waals surface area contributed by atoms with Crippen LogP contribution in [0.4, 0.5) is 0 Å². The SMILES string of the molecule is CC(C)CC(NC(=O)C(CS)NC(=O)CN)C(=O)O. The van der Waals surface area contributed by atoms with E-state index in [0.717, 1.165) is 0 Å². The molecule has 0 aromatic carbocycles. The van der Waals surface area contributed by atoms with Crippen LogP contribution in [0.5, 0.6) is 0 Å². The van der Waals surface area contributed by atoms with Gasteiger partial charge in [0, 0.05) is 5.75 Å². The molecule has 2 atom stereocenters. The molecule has 19 heavy (non-hydrogen) atoms. The Morgan fingerprint density at radius 3 is 2.16 bits per heavy atom. The normalized spacial score (nSPS) is 13.7. The van der Waals surface area contributed by atoms with E-state index in [-0.39, 0.29) is 18.2 Å². The van der Waals surface area contributed by atoms with Gasteiger partial charge in [-0.05, 0) is 12.3 Å². The highest BCUT2D eigenvalue weighted by molar-refractivity contribution is 7.80. The molecule has 2 unspecified atom stereocenters. The average molecular weight is 291 g/mol. The zero-order valence-electron chi connectivity index (χ0n) is 11.0. The summed E-state index contributed by atoms with van der Waals surface area (Å²) in [5, 5.41) is 13.8. The van der Waals surface area contributed by atoms with Gasteiger partial charge in [0.25, 0.3) is 0 Å². The van der Waals surface area contributed by atoms with Crippen LogP contribution in [0, 0.1) is 5.92 Å². The van der Waals surface area contributed by atoms with Crippen LogP contribution in [0.15, 0.2) is 0 Å². The van der Waals surface area contributed by atoms with Gasteiger partial charge in [-0.2, -0.15) is 12.6 Å². The number of hydrogen-bond acceptors (Lipinski definition) is 5. The fourth-order valence-electron chi connectivity index (χ4n) is 1.41. The second-order valence-corrected chi connectivity index (χ2v) is 4.90. The fraction of sp³-hybridized carbons (Fsp3) is 0.727. The van der Waals surface area contributed by atoms with E-state index in [2.05, 4.69) is 23.3 Å². The molecule has 5 N–H and O–H groups in total. The van der Waals surface area contributed by atoms with E-state index >= 15 is 0 Å². The van der Waals surface area contributed by atoms with Crippen molar-refractivity contribution in [2.75, 3.05) is 12.3 Å². The van der Waals surface area contributed by atoms with Crippen molar-refractivity contribution >= 4 is 30.4 Å². The maximum Gasteiger partial charge on any atom is 0.326 e. The molecule has 0 fully saturated rings. The summed E-state index contributed by atoms with van der Waals surface area (Å²) in [5.41, 5.74) is 5.13. The third-order valence-corrected chi connectivity index (χ3v) is 2.71. The second-order valence-electron chi connectivity index (χ2n) is 4.54. The number of hydrogen-bond donors (Lipinski definition) is 5. The monoisotopic (exact) mass is 291 g/mol. The van der Waals surface area contributed by atoms with E-state index in [1.54, 1.807) is 0 Å². The van der Waals surface area contributed by atoms with Crippen LogP contribution >= 0.6 is 12.6 Å². The largest absolute Gasteiger partial charge is 0.480 e. The summed E-state index contributed by atoms with van der Waals surface area (Å²) in [6, 6.07) is -1.88. The van der Waals surface area contributed by atoms with Gasteiger partial charge in [-0.15, -0.1) is 0 Å². The Bertz CT molecular complexity index is 336. The van der Waals surface area contributed by atoms with E-state index in [0.29, 0.717) is 6.42 Å². The summed E-state index contributed by atoms with van der Waals surface area (Å²) >= 11 is 3.95. The number of rotatable bonds is 8. The predicted octanol–water partition coefficient (Wildman–Crippen LogP) is -1.02. The maximum absolute atomic E-state index is 11.8. The number of carboxylic acid groups (broad SMARTS) is 1. The van der Waals surface area contributed by atoms with Gasteiger partial charge in [0.2, 0.25) is 11.8 Å². The molecule has 0 saturated carbocycles. The Hall–Kier alpha value is -1.28. The molecular weight excluding hydrogens is 270 g/mol. The highest BCUT2D eigenvalue weighted by Gasteiger charge is 2.25. The molecule has 110 valence electrons. The summed E-state index contributed by atoms with van der Waals surface area (Å²) in [6.45, 7) is 3.47. The lowest BCUT2D eigenvalue weighted by molar-refractivity contribution is -0.142. The van der Waals surface area contributed by atoms with E-state index in [4.69, 9.17) is 10.8 Å². The number of carboxylic acids is 1. The number of carbonyl (C=O) groups excluding carboxylic acids is 2. The first kappa shape index (κ1) is 17.7. The summed E-state index contributed by atoms with van der Waals surface area (Å²) in [6.07, 6.45) is 0.311. The number of nitrogens with two attached hydrogens (primary N) is 1. The van der Waals surface area contributed by atoms with Gasteiger partial charge >= 0.3 is 5.97 Å². The van der Waals surface area contributed by atoms with Crippen LogP contribution < -0.4 is 16.4 Å². The molecule has 0 radical (unpaired) electrons. The third-order valence-electron chi connectivity index (χ3n) is 2.34. The first-order valence-corrected chi connectivity index (χ1v) is 6.58. The Labute approximate surface area is 117 Å². The molecule has 0 saturated heterocycles. The van der Waals surface area contributed by atoms with Crippen LogP contribution in [0.2, 0.25) is 0 Å². The van der Waals surface area contributed by atoms with E-state index < -0.39 is 29.9 Å². The topological polar surface area (TPSA) is 122 Å². The molecule has 0 aromatic rings. The molecule has 0 aliphatic rings. The van der Waals surface area contributed by atoms with Crippen molar-refractivity contribution in [3.05, 3.63) is 0 Å². The average Bonchev–Trinajstić information content (AvgIpc) is 2.33. The molecule has 0 bridgehead atoms. The third kappa shape index (κ3) is 7.02. The lowest BCUT2D eigenvalue weighted by Crippen LogP contribution is -2.53. The smallest absolute Gasteiger partial charge is 0.326 e. The van der Waals surface area contributed by atoms with Crippen molar-refractivity contribution in [2.24, 2.45) is 11.7 Å². The fourth-order valence-corrected chi connectivity index (χ4v) is 1.67. The van der Waals surface area contributed by atoms with Gasteiger partial charge in [-0.1, -0.05) is 13.8 Å². The molecular formula is C11H21N3O4S. The van der Waals surface area contributed by atoms with Crippen LogP contribution in [0.25, 0.3) is 0 Å². The van der Waals surface area contributed by atoms with Crippen molar-refractivity contribution in [1.29, 1.82) is 0 Å². The molecule has 0 rings (SSSR count). The van der Waals surface area contributed by atoms with Crippen LogP contribution in [-0.2, 0) is 14.4 Å². The van der Waals surface area contributed by atoms with Crippen molar-refractivity contribution in [3.63, 3.8) is 0 Å². The van der Waals surface area contributed by atoms with E-state index in [1.807, 2.05) is 13.8 Å². The van der Waals surface area contributed by atoms with Crippen molar-refractivity contribution in [3.8, 4) is 0 Å². The number of thiol groups is 1. The lowest BCUT2D eigenvalue weighted by Gasteiger charge is -2.21. The molecule has 0 heterocycles. The van der Waals surface area contributed by atoms with Crippen LogP contribution in [0.1, 0.15) is 20.3 Å². The molecule has 0 aliphatic heterocycles. The Kier molecular flexibility index (Phi) is 8.17. The minimum Gasteiger partial charge on any atom is -0.480 e. The molecule has 7 nitrogen and oxygen atoms in total.